The van der Waals surface area contributed by atoms with E-state index in [1.165, 1.54) is 0 Å². The summed E-state index contributed by atoms with van der Waals surface area (Å²) >= 11 is 5.66. The largest absolute Gasteiger partial charge is 0.321 e. The highest BCUT2D eigenvalue weighted by atomic mass is 32.2. The summed E-state index contributed by atoms with van der Waals surface area (Å²) in [7, 11) is 0. The van der Waals surface area contributed by atoms with Crippen molar-refractivity contribution in [2.75, 3.05) is 17.3 Å². The van der Waals surface area contributed by atoms with Crippen LogP contribution in [0.2, 0.25) is 0 Å². The lowest BCUT2D eigenvalue weighted by Gasteiger charge is -2.00. The van der Waals surface area contributed by atoms with Crippen LogP contribution in [0.5, 0.6) is 0 Å². The Balaban J connectivity index is 2.96. The fraction of sp³-hybridized carbons (Fsp3) is 0.800. The van der Waals surface area contributed by atoms with E-state index in [1.807, 2.05) is 0 Å². The molecule has 0 saturated heterocycles. The van der Waals surface area contributed by atoms with Gasteiger partial charge in [-0.15, -0.1) is 0 Å². The van der Waals surface area contributed by atoms with Crippen molar-refractivity contribution < 1.29 is 4.79 Å². The molecule has 0 aromatic rings. The van der Waals surface area contributed by atoms with E-state index >= 15 is 0 Å². The van der Waals surface area contributed by atoms with Gasteiger partial charge in [0.15, 0.2) is 0 Å². The number of nitrogens with two attached hydrogens (primary N) is 1. The second kappa shape index (κ2) is 6.45. The van der Waals surface area contributed by atoms with E-state index in [2.05, 4.69) is 12.6 Å². The van der Waals surface area contributed by atoms with Gasteiger partial charge in [-0.2, -0.15) is 24.4 Å². The summed E-state index contributed by atoms with van der Waals surface area (Å²) < 4.78 is 0. The predicted octanol–water partition coefficient (Wildman–Crippen LogP) is 0.176. The van der Waals surface area contributed by atoms with E-state index in [-0.39, 0.29) is 6.04 Å². The van der Waals surface area contributed by atoms with E-state index in [9.17, 15) is 4.79 Å². The highest BCUT2D eigenvalue weighted by molar-refractivity contribution is 8.00. The smallest absolute Gasteiger partial charge is 0.137 e. The first-order chi connectivity index (χ1) is 4.31. The quantitative estimate of drug-likeness (QED) is 0.347. The fourth-order valence-corrected chi connectivity index (χ4v) is 1.36. The number of carbonyl (C=O) groups excluding carboxylic acids is 1. The molecule has 0 aliphatic carbocycles. The van der Waals surface area contributed by atoms with Crippen LogP contribution in [0.25, 0.3) is 0 Å². The van der Waals surface area contributed by atoms with Gasteiger partial charge in [-0.1, -0.05) is 0 Å². The van der Waals surface area contributed by atoms with Crippen LogP contribution in [-0.2, 0) is 4.79 Å². The van der Waals surface area contributed by atoms with Crippen molar-refractivity contribution in [3.05, 3.63) is 0 Å². The van der Waals surface area contributed by atoms with Crippen LogP contribution in [0.4, 0.5) is 0 Å². The minimum Gasteiger partial charge on any atom is -0.321 e. The van der Waals surface area contributed by atoms with Crippen molar-refractivity contribution in [2.24, 2.45) is 5.73 Å². The zero-order valence-electron chi connectivity index (χ0n) is 5.12. The summed E-state index contributed by atoms with van der Waals surface area (Å²) in [6.07, 6.45) is 0.769. The monoisotopic (exact) mass is 165 g/mol. The molecule has 0 aliphatic heterocycles. The third-order valence-electron chi connectivity index (χ3n) is 0.721. The minimum atomic E-state index is -0.296. The fourth-order valence-electron chi connectivity index (χ4n) is 0.323. The zero-order valence-corrected chi connectivity index (χ0v) is 6.83. The van der Waals surface area contributed by atoms with Gasteiger partial charge in [0.2, 0.25) is 0 Å². The number of carbonyl (C=O) groups is 1. The molecule has 1 atom stereocenters. The summed E-state index contributed by atoms with van der Waals surface area (Å²) in [6, 6.07) is -0.296. The van der Waals surface area contributed by atoms with Gasteiger partial charge in [0.1, 0.15) is 6.29 Å². The highest BCUT2D eigenvalue weighted by Crippen LogP contribution is 2.00. The van der Waals surface area contributed by atoms with Crippen LogP contribution in [0.15, 0.2) is 0 Å². The molecule has 0 radical (unpaired) electrons. The topological polar surface area (TPSA) is 43.1 Å². The number of hydrogen-bond acceptors (Lipinski definition) is 4. The molecule has 0 aliphatic rings. The third kappa shape index (κ3) is 6.21. The Morgan fingerprint density at radius 2 is 2.44 bits per heavy atom. The Labute approximate surface area is 65.0 Å². The van der Waals surface area contributed by atoms with Gasteiger partial charge in [0, 0.05) is 11.5 Å². The van der Waals surface area contributed by atoms with Gasteiger partial charge in [-0.3, -0.25) is 0 Å². The Bertz CT molecular complexity index is 79.4. The zero-order chi connectivity index (χ0) is 7.11. The average Bonchev–Trinajstić information content (AvgIpc) is 1.89. The van der Waals surface area contributed by atoms with Gasteiger partial charge in [0.05, 0.1) is 6.04 Å². The molecule has 0 saturated carbocycles. The van der Waals surface area contributed by atoms with Crippen LogP contribution in [0.1, 0.15) is 0 Å². The molecule has 4 heteroatoms. The molecule has 0 spiro atoms. The molecule has 2 nitrogen and oxygen atoms in total. The SMILES string of the molecule is N[C@H](C=O)CSCCS. The van der Waals surface area contributed by atoms with Crippen LogP contribution < -0.4 is 5.73 Å². The molecule has 54 valence electrons. The van der Waals surface area contributed by atoms with Crippen LogP contribution >= 0.6 is 24.4 Å². The standard InChI is InChI=1S/C5H11NOS2/c6-5(3-7)4-9-2-1-8/h3,5,8H,1-2,4,6H2/t5-/m1/s1. The molecule has 0 bridgehead atoms. The van der Waals surface area contributed by atoms with Crippen LogP contribution in [0, 0.1) is 0 Å². The van der Waals surface area contributed by atoms with Gasteiger partial charge < -0.3 is 10.5 Å². The molecule has 9 heavy (non-hydrogen) atoms. The van der Waals surface area contributed by atoms with Crippen LogP contribution in [0.3, 0.4) is 0 Å². The molecule has 0 unspecified atom stereocenters. The first-order valence-corrected chi connectivity index (χ1v) is 4.49. The molecule has 0 aromatic carbocycles. The summed E-state index contributed by atoms with van der Waals surface area (Å²) in [5, 5.41) is 0. The average molecular weight is 165 g/mol. The maximum atomic E-state index is 9.94. The van der Waals surface area contributed by atoms with Gasteiger partial charge in [-0.25, -0.2) is 0 Å². The van der Waals surface area contributed by atoms with Crippen LogP contribution in [-0.4, -0.2) is 29.6 Å². The molecular weight excluding hydrogens is 154 g/mol. The molecule has 0 aromatic heterocycles. The Morgan fingerprint density at radius 1 is 1.78 bits per heavy atom. The maximum Gasteiger partial charge on any atom is 0.137 e. The lowest BCUT2D eigenvalue weighted by Crippen LogP contribution is -2.24. The lowest BCUT2D eigenvalue weighted by molar-refractivity contribution is -0.108. The number of thiol groups is 1. The van der Waals surface area contributed by atoms with Crippen molar-refractivity contribution >= 4 is 30.7 Å². The number of thioether (sulfide) groups is 1. The minimum absolute atomic E-state index is 0.296. The molecular formula is C5H11NOS2. The highest BCUT2D eigenvalue weighted by Gasteiger charge is 1.97. The molecule has 0 heterocycles. The second-order valence-electron chi connectivity index (χ2n) is 1.60. The normalized spacial score (nSPS) is 13.1. The van der Waals surface area contributed by atoms with Gasteiger partial charge >= 0.3 is 0 Å². The summed E-state index contributed by atoms with van der Waals surface area (Å²) in [4.78, 5) is 9.94. The van der Waals surface area contributed by atoms with Crippen molar-refractivity contribution in [1.82, 2.24) is 0 Å². The summed E-state index contributed by atoms with van der Waals surface area (Å²) in [5.74, 6) is 2.52. The first kappa shape index (κ1) is 9.33. The molecule has 0 amide bonds. The Morgan fingerprint density at radius 3 is 2.89 bits per heavy atom. The first-order valence-electron chi connectivity index (χ1n) is 2.70. The molecule has 0 rings (SSSR count). The van der Waals surface area contributed by atoms with E-state index < -0.39 is 0 Å². The molecule has 2 N–H and O–H groups in total. The lowest BCUT2D eigenvalue weighted by atomic mass is 10.4. The summed E-state index contributed by atoms with van der Waals surface area (Å²) in [6.45, 7) is 0. The number of aldehydes is 1. The van der Waals surface area contributed by atoms with E-state index in [0.29, 0.717) is 5.75 Å². The predicted molar refractivity (Wildman–Crippen MR) is 45.2 cm³/mol. The Hall–Kier alpha value is 0.330. The Kier molecular flexibility index (Phi) is 6.69. The second-order valence-corrected chi connectivity index (χ2v) is 3.20. The number of hydrogen-bond donors (Lipinski definition) is 2. The third-order valence-corrected chi connectivity index (χ3v) is 2.36. The van der Waals surface area contributed by atoms with Gasteiger partial charge in [-0.05, 0) is 5.75 Å². The van der Waals surface area contributed by atoms with Crippen molar-refractivity contribution in [2.45, 2.75) is 6.04 Å². The van der Waals surface area contributed by atoms with Crippen molar-refractivity contribution in [1.29, 1.82) is 0 Å². The molecule has 0 fully saturated rings. The van der Waals surface area contributed by atoms with E-state index in [1.54, 1.807) is 11.8 Å². The van der Waals surface area contributed by atoms with E-state index in [0.717, 1.165) is 17.8 Å². The summed E-state index contributed by atoms with van der Waals surface area (Å²) in [5.41, 5.74) is 5.30. The van der Waals surface area contributed by atoms with Crippen molar-refractivity contribution in [3.63, 3.8) is 0 Å². The number of rotatable bonds is 5. The van der Waals surface area contributed by atoms with Gasteiger partial charge in [0.25, 0.3) is 0 Å². The van der Waals surface area contributed by atoms with E-state index in [4.69, 9.17) is 5.73 Å². The maximum absolute atomic E-state index is 9.94. The van der Waals surface area contributed by atoms with Crippen molar-refractivity contribution in [3.8, 4) is 0 Å².